The summed E-state index contributed by atoms with van der Waals surface area (Å²) in [5.74, 6) is -1.12. The van der Waals surface area contributed by atoms with Gasteiger partial charge in [-0.2, -0.15) is 0 Å². The van der Waals surface area contributed by atoms with Crippen molar-refractivity contribution in [3.63, 3.8) is 0 Å². The van der Waals surface area contributed by atoms with Crippen molar-refractivity contribution >= 4 is 15.9 Å². The number of benzene rings is 1. The molecule has 0 spiro atoms. The lowest BCUT2D eigenvalue weighted by atomic mass is 10.2. The summed E-state index contributed by atoms with van der Waals surface area (Å²) in [6, 6.07) is 7.58. The van der Waals surface area contributed by atoms with E-state index in [4.69, 9.17) is 14.2 Å². The second kappa shape index (κ2) is 4.89. The molecule has 0 N–H and O–H groups in total. The summed E-state index contributed by atoms with van der Waals surface area (Å²) in [7, 11) is 4.61. The number of hydrogen-bond acceptors (Lipinski definition) is 3. The largest absolute Gasteiger partial charge is 0.327 e. The molecule has 0 unspecified atom stereocenters. The van der Waals surface area contributed by atoms with Gasteiger partial charge in [0, 0.05) is 31.4 Å². The second-order valence-corrected chi connectivity index (χ2v) is 3.59. The van der Waals surface area contributed by atoms with Gasteiger partial charge in [0.15, 0.2) is 0 Å². The van der Waals surface area contributed by atoms with Gasteiger partial charge in [0.05, 0.1) is 0 Å². The van der Waals surface area contributed by atoms with Crippen molar-refractivity contribution in [3.8, 4) is 0 Å². The van der Waals surface area contributed by atoms with Crippen LogP contribution in [-0.2, 0) is 20.2 Å². The Morgan fingerprint density at radius 1 is 1.07 bits per heavy atom. The van der Waals surface area contributed by atoms with Gasteiger partial charge in [-0.1, -0.05) is 28.1 Å². The summed E-state index contributed by atoms with van der Waals surface area (Å²) >= 11 is 3.38. The number of rotatable bonds is 4. The first-order valence-corrected chi connectivity index (χ1v) is 4.89. The van der Waals surface area contributed by atoms with Gasteiger partial charge in [0.25, 0.3) is 0 Å². The first-order valence-electron chi connectivity index (χ1n) is 4.10. The lowest BCUT2D eigenvalue weighted by Crippen LogP contribution is -2.32. The molecule has 0 aliphatic carbocycles. The van der Waals surface area contributed by atoms with Crippen molar-refractivity contribution in [1.82, 2.24) is 0 Å². The minimum atomic E-state index is -1.12. The molecular weight excluding hydrogens is 248 g/mol. The summed E-state index contributed by atoms with van der Waals surface area (Å²) < 4.78 is 16.6. The zero-order chi connectivity index (χ0) is 10.6. The molecule has 0 atom stereocenters. The highest BCUT2D eigenvalue weighted by Gasteiger charge is 2.32. The van der Waals surface area contributed by atoms with Crippen LogP contribution >= 0.6 is 15.9 Å². The van der Waals surface area contributed by atoms with Gasteiger partial charge in [-0.3, -0.25) is 0 Å². The number of methoxy groups -OCH3 is 3. The standard InChI is InChI=1S/C10H13BrO3/c1-12-10(13-2,14-3)8-5-4-6-9(11)7-8/h4-7H,1-3H3. The highest BCUT2D eigenvalue weighted by atomic mass is 79.9. The average Bonchev–Trinajstić information content (AvgIpc) is 2.22. The molecule has 4 heteroatoms. The molecular formula is C10H13BrO3. The number of ether oxygens (including phenoxy) is 3. The summed E-state index contributed by atoms with van der Waals surface area (Å²) in [5, 5.41) is 0. The Labute approximate surface area is 92.1 Å². The maximum absolute atomic E-state index is 5.21. The predicted octanol–water partition coefficient (Wildman–Crippen LogP) is 2.50. The fourth-order valence-corrected chi connectivity index (χ4v) is 1.68. The Morgan fingerprint density at radius 3 is 2.07 bits per heavy atom. The number of halogens is 1. The summed E-state index contributed by atoms with van der Waals surface area (Å²) in [5.41, 5.74) is 0.805. The highest BCUT2D eigenvalue weighted by molar-refractivity contribution is 9.10. The third kappa shape index (κ3) is 2.15. The molecule has 1 rings (SSSR count). The van der Waals surface area contributed by atoms with Crippen LogP contribution in [0.4, 0.5) is 0 Å². The molecule has 0 aliphatic heterocycles. The van der Waals surface area contributed by atoms with Crippen LogP contribution in [0.1, 0.15) is 5.56 Å². The normalized spacial score (nSPS) is 11.7. The lowest BCUT2D eigenvalue weighted by Gasteiger charge is -2.28. The van der Waals surface area contributed by atoms with Crippen LogP contribution in [0.5, 0.6) is 0 Å². The molecule has 14 heavy (non-hydrogen) atoms. The van der Waals surface area contributed by atoms with Crippen LogP contribution in [0.15, 0.2) is 28.7 Å². The van der Waals surface area contributed by atoms with Gasteiger partial charge >= 0.3 is 5.97 Å². The Hall–Kier alpha value is -0.420. The smallest absolute Gasteiger partial charge is 0.311 e. The fraction of sp³-hybridized carbons (Fsp3) is 0.400. The van der Waals surface area contributed by atoms with E-state index < -0.39 is 5.97 Å². The molecule has 0 amide bonds. The third-order valence-corrected chi connectivity index (χ3v) is 2.48. The zero-order valence-electron chi connectivity index (χ0n) is 8.41. The molecule has 1 aromatic carbocycles. The molecule has 0 saturated heterocycles. The quantitative estimate of drug-likeness (QED) is 0.779. The second-order valence-electron chi connectivity index (χ2n) is 2.68. The number of hydrogen-bond donors (Lipinski definition) is 0. The molecule has 0 aromatic heterocycles. The van der Waals surface area contributed by atoms with E-state index in [-0.39, 0.29) is 0 Å². The van der Waals surface area contributed by atoms with E-state index >= 15 is 0 Å². The van der Waals surface area contributed by atoms with Crippen LogP contribution in [0.25, 0.3) is 0 Å². The molecule has 0 aliphatic rings. The zero-order valence-corrected chi connectivity index (χ0v) is 10.00. The van der Waals surface area contributed by atoms with Crippen LogP contribution in [-0.4, -0.2) is 21.3 Å². The predicted molar refractivity (Wildman–Crippen MR) is 56.8 cm³/mol. The van der Waals surface area contributed by atoms with Crippen LogP contribution in [0.3, 0.4) is 0 Å². The summed E-state index contributed by atoms with van der Waals surface area (Å²) in [6.07, 6.45) is 0. The molecule has 1 aromatic rings. The van der Waals surface area contributed by atoms with Crippen molar-refractivity contribution in [2.75, 3.05) is 21.3 Å². The Balaban J connectivity index is 3.10. The van der Waals surface area contributed by atoms with E-state index in [1.165, 1.54) is 21.3 Å². The molecule has 0 fully saturated rings. The Morgan fingerprint density at radius 2 is 1.64 bits per heavy atom. The van der Waals surface area contributed by atoms with E-state index in [1.807, 2.05) is 24.3 Å². The highest BCUT2D eigenvalue weighted by Crippen LogP contribution is 2.28. The van der Waals surface area contributed by atoms with E-state index in [0.29, 0.717) is 0 Å². The third-order valence-electron chi connectivity index (χ3n) is 1.98. The monoisotopic (exact) mass is 260 g/mol. The van der Waals surface area contributed by atoms with E-state index in [0.717, 1.165) is 10.0 Å². The first-order chi connectivity index (χ1) is 6.68. The van der Waals surface area contributed by atoms with Crippen molar-refractivity contribution < 1.29 is 14.2 Å². The van der Waals surface area contributed by atoms with Crippen molar-refractivity contribution in [2.24, 2.45) is 0 Å². The first kappa shape index (κ1) is 11.7. The van der Waals surface area contributed by atoms with Crippen LogP contribution in [0.2, 0.25) is 0 Å². The van der Waals surface area contributed by atoms with E-state index in [1.54, 1.807) is 0 Å². The van der Waals surface area contributed by atoms with Crippen LogP contribution < -0.4 is 0 Å². The maximum atomic E-state index is 5.21. The molecule has 0 saturated carbocycles. The van der Waals surface area contributed by atoms with Gasteiger partial charge in [0.2, 0.25) is 0 Å². The van der Waals surface area contributed by atoms with Gasteiger partial charge in [-0.15, -0.1) is 0 Å². The molecule has 3 nitrogen and oxygen atoms in total. The Kier molecular flexibility index (Phi) is 4.07. The fourth-order valence-electron chi connectivity index (χ4n) is 1.28. The minimum Gasteiger partial charge on any atom is -0.327 e. The van der Waals surface area contributed by atoms with Gasteiger partial charge in [-0.05, 0) is 12.1 Å². The van der Waals surface area contributed by atoms with Gasteiger partial charge < -0.3 is 14.2 Å². The maximum Gasteiger partial charge on any atom is 0.311 e. The van der Waals surface area contributed by atoms with E-state index in [9.17, 15) is 0 Å². The summed E-state index contributed by atoms with van der Waals surface area (Å²) in [6.45, 7) is 0. The van der Waals surface area contributed by atoms with Gasteiger partial charge in [-0.25, -0.2) is 0 Å². The molecule has 0 radical (unpaired) electrons. The molecule has 0 bridgehead atoms. The van der Waals surface area contributed by atoms with Crippen molar-refractivity contribution in [3.05, 3.63) is 34.3 Å². The topological polar surface area (TPSA) is 27.7 Å². The minimum absolute atomic E-state index is 0.805. The summed E-state index contributed by atoms with van der Waals surface area (Å²) in [4.78, 5) is 0. The Bertz CT molecular complexity index is 289. The van der Waals surface area contributed by atoms with Crippen molar-refractivity contribution in [2.45, 2.75) is 5.97 Å². The molecule has 78 valence electrons. The average molecular weight is 261 g/mol. The molecule has 0 heterocycles. The van der Waals surface area contributed by atoms with Gasteiger partial charge in [0.1, 0.15) is 0 Å². The SMILES string of the molecule is COC(OC)(OC)c1cccc(Br)c1. The van der Waals surface area contributed by atoms with Crippen molar-refractivity contribution in [1.29, 1.82) is 0 Å². The van der Waals surface area contributed by atoms with Crippen LogP contribution in [0, 0.1) is 0 Å². The van der Waals surface area contributed by atoms with E-state index in [2.05, 4.69) is 15.9 Å². The lowest BCUT2D eigenvalue weighted by molar-refractivity contribution is -0.364.